The van der Waals surface area contributed by atoms with Crippen molar-refractivity contribution in [2.75, 3.05) is 7.05 Å². The van der Waals surface area contributed by atoms with Crippen LogP contribution in [-0.2, 0) is 6.54 Å². The molecule has 0 aliphatic heterocycles. The lowest BCUT2D eigenvalue weighted by atomic mass is 10.5. The highest BCUT2D eigenvalue weighted by Crippen LogP contribution is 2.19. The first kappa shape index (κ1) is 9.29. The van der Waals surface area contributed by atoms with Crippen molar-refractivity contribution >= 4 is 11.3 Å². The summed E-state index contributed by atoms with van der Waals surface area (Å²) in [7, 11) is 1.84. The highest BCUT2D eigenvalue weighted by atomic mass is 32.1. The Hall–Kier alpha value is -1.27. The van der Waals surface area contributed by atoms with Gasteiger partial charge in [-0.05, 0) is 14.0 Å². The van der Waals surface area contributed by atoms with Crippen LogP contribution >= 0.6 is 11.3 Å². The van der Waals surface area contributed by atoms with Crippen molar-refractivity contribution in [2.24, 2.45) is 0 Å². The Morgan fingerprint density at radius 1 is 1.50 bits per heavy atom. The van der Waals surface area contributed by atoms with Gasteiger partial charge in [0.25, 0.3) is 5.89 Å². The molecule has 0 aliphatic rings. The molecule has 0 bridgehead atoms. The van der Waals surface area contributed by atoms with Crippen LogP contribution in [-0.4, -0.2) is 22.2 Å². The number of rotatable bonds is 3. The molecule has 1 N–H and O–H groups in total. The first-order chi connectivity index (χ1) is 6.79. The second kappa shape index (κ2) is 3.85. The van der Waals surface area contributed by atoms with Gasteiger partial charge in [-0.3, -0.25) is 0 Å². The molecule has 74 valence electrons. The number of hydrogen-bond acceptors (Lipinski definition) is 6. The highest BCUT2D eigenvalue weighted by Gasteiger charge is 2.10. The van der Waals surface area contributed by atoms with Gasteiger partial charge in [0.2, 0.25) is 0 Å². The Balaban J connectivity index is 2.24. The van der Waals surface area contributed by atoms with E-state index in [9.17, 15) is 0 Å². The lowest BCUT2D eigenvalue weighted by Gasteiger charge is -1.86. The van der Waals surface area contributed by atoms with Crippen molar-refractivity contribution < 1.29 is 4.52 Å². The first-order valence-electron chi connectivity index (χ1n) is 4.19. The minimum atomic E-state index is 0.486. The van der Waals surface area contributed by atoms with E-state index in [1.165, 1.54) is 0 Å². The molecule has 2 aromatic heterocycles. The largest absolute Gasteiger partial charge is 0.332 e. The summed E-state index contributed by atoms with van der Waals surface area (Å²) in [5.74, 6) is 1.13. The molecule has 0 fully saturated rings. The van der Waals surface area contributed by atoms with Crippen LogP contribution < -0.4 is 5.32 Å². The molecular weight excluding hydrogens is 200 g/mol. The van der Waals surface area contributed by atoms with Gasteiger partial charge >= 0.3 is 0 Å². The van der Waals surface area contributed by atoms with E-state index in [1.807, 2.05) is 19.4 Å². The minimum Gasteiger partial charge on any atom is -0.332 e. The molecule has 0 unspecified atom stereocenters. The molecule has 2 heterocycles. The number of hydrogen-bond donors (Lipinski definition) is 1. The zero-order valence-corrected chi connectivity index (χ0v) is 8.76. The van der Waals surface area contributed by atoms with Gasteiger partial charge in [0.15, 0.2) is 5.82 Å². The molecular formula is C8H10N4OS. The fourth-order valence-electron chi connectivity index (χ4n) is 1.05. The second-order valence-corrected chi connectivity index (χ2v) is 3.86. The monoisotopic (exact) mass is 210 g/mol. The van der Waals surface area contributed by atoms with Gasteiger partial charge in [-0.15, -0.1) is 11.3 Å². The second-order valence-electron chi connectivity index (χ2n) is 2.80. The average Bonchev–Trinajstić information content (AvgIpc) is 2.74. The summed E-state index contributed by atoms with van der Waals surface area (Å²) >= 11 is 1.57. The van der Waals surface area contributed by atoms with E-state index in [-0.39, 0.29) is 0 Å². The van der Waals surface area contributed by atoms with Gasteiger partial charge in [0, 0.05) is 5.38 Å². The quantitative estimate of drug-likeness (QED) is 0.825. The Bertz CT molecular complexity index is 422. The third-order valence-electron chi connectivity index (χ3n) is 1.64. The maximum absolute atomic E-state index is 5.06. The van der Waals surface area contributed by atoms with Gasteiger partial charge in [-0.2, -0.15) is 4.98 Å². The van der Waals surface area contributed by atoms with Crippen LogP contribution in [0.15, 0.2) is 9.90 Å². The molecule has 0 saturated carbocycles. The summed E-state index contributed by atoms with van der Waals surface area (Å²) in [6.45, 7) is 2.55. The number of nitrogens with one attached hydrogen (secondary N) is 1. The third-order valence-corrected chi connectivity index (χ3v) is 2.41. The van der Waals surface area contributed by atoms with Crippen LogP contribution in [0.4, 0.5) is 0 Å². The summed E-state index contributed by atoms with van der Waals surface area (Å²) in [6.07, 6.45) is 0. The van der Waals surface area contributed by atoms with Crippen LogP contribution in [0.5, 0.6) is 0 Å². The van der Waals surface area contributed by atoms with Crippen molar-refractivity contribution in [1.29, 1.82) is 0 Å². The maximum atomic E-state index is 5.06. The van der Waals surface area contributed by atoms with E-state index in [2.05, 4.69) is 20.4 Å². The molecule has 0 aliphatic carbocycles. The number of aromatic nitrogens is 3. The van der Waals surface area contributed by atoms with Crippen LogP contribution in [0, 0.1) is 6.92 Å². The average molecular weight is 210 g/mol. The SMILES string of the molecule is CNCc1noc(-c2csc(C)n2)n1. The predicted octanol–water partition coefficient (Wildman–Crippen LogP) is 1.22. The van der Waals surface area contributed by atoms with E-state index in [1.54, 1.807) is 11.3 Å². The predicted molar refractivity (Wildman–Crippen MR) is 52.9 cm³/mol. The van der Waals surface area contributed by atoms with Crippen molar-refractivity contribution in [3.63, 3.8) is 0 Å². The van der Waals surface area contributed by atoms with Crippen molar-refractivity contribution in [2.45, 2.75) is 13.5 Å². The van der Waals surface area contributed by atoms with Crippen LogP contribution in [0.1, 0.15) is 10.8 Å². The lowest BCUT2D eigenvalue weighted by Crippen LogP contribution is -2.06. The molecule has 5 nitrogen and oxygen atoms in total. The molecule has 0 saturated heterocycles. The summed E-state index contributed by atoms with van der Waals surface area (Å²) in [4.78, 5) is 8.44. The smallest absolute Gasteiger partial charge is 0.277 e. The molecule has 0 amide bonds. The van der Waals surface area contributed by atoms with Gasteiger partial charge in [-0.25, -0.2) is 4.98 Å². The number of aryl methyl sites for hydroxylation is 1. The van der Waals surface area contributed by atoms with Gasteiger partial charge in [-0.1, -0.05) is 5.16 Å². The molecule has 0 radical (unpaired) electrons. The zero-order valence-electron chi connectivity index (χ0n) is 7.94. The van der Waals surface area contributed by atoms with Crippen LogP contribution in [0.2, 0.25) is 0 Å². The van der Waals surface area contributed by atoms with Crippen LogP contribution in [0.3, 0.4) is 0 Å². The summed E-state index contributed by atoms with van der Waals surface area (Å²) in [5.41, 5.74) is 0.752. The lowest BCUT2D eigenvalue weighted by molar-refractivity contribution is 0.419. The molecule has 14 heavy (non-hydrogen) atoms. The Morgan fingerprint density at radius 3 is 3.00 bits per heavy atom. The molecule has 0 aromatic carbocycles. The van der Waals surface area contributed by atoms with E-state index in [0.717, 1.165) is 10.7 Å². The fraction of sp³-hybridized carbons (Fsp3) is 0.375. The maximum Gasteiger partial charge on any atom is 0.277 e. The Morgan fingerprint density at radius 2 is 2.36 bits per heavy atom. The fourth-order valence-corrected chi connectivity index (χ4v) is 1.64. The molecule has 6 heteroatoms. The van der Waals surface area contributed by atoms with Crippen LogP contribution in [0.25, 0.3) is 11.6 Å². The molecule has 2 rings (SSSR count). The van der Waals surface area contributed by atoms with E-state index < -0.39 is 0 Å². The molecule has 0 spiro atoms. The zero-order chi connectivity index (χ0) is 9.97. The Labute approximate surface area is 85.2 Å². The van der Waals surface area contributed by atoms with E-state index >= 15 is 0 Å². The summed E-state index contributed by atoms with van der Waals surface area (Å²) in [5, 5.41) is 9.66. The van der Waals surface area contributed by atoms with Crippen molar-refractivity contribution in [3.8, 4) is 11.6 Å². The van der Waals surface area contributed by atoms with E-state index in [4.69, 9.17) is 4.52 Å². The third kappa shape index (κ3) is 1.80. The van der Waals surface area contributed by atoms with Crippen molar-refractivity contribution in [1.82, 2.24) is 20.4 Å². The van der Waals surface area contributed by atoms with Gasteiger partial charge < -0.3 is 9.84 Å². The Kier molecular flexibility index (Phi) is 2.55. The number of thiazole rings is 1. The normalized spacial score (nSPS) is 10.7. The van der Waals surface area contributed by atoms with Gasteiger partial charge in [0.1, 0.15) is 5.69 Å². The standard InChI is InChI=1S/C8H10N4OS/c1-5-10-6(4-14-5)8-11-7(3-9-2)12-13-8/h4,9H,3H2,1-2H3. The van der Waals surface area contributed by atoms with Gasteiger partial charge in [0.05, 0.1) is 11.6 Å². The van der Waals surface area contributed by atoms with Crippen molar-refractivity contribution in [3.05, 3.63) is 16.2 Å². The first-order valence-corrected chi connectivity index (χ1v) is 5.07. The molecule has 2 aromatic rings. The highest BCUT2D eigenvalue weighted by molar-refractivity contribution is 7.09. The summed E-state index contributed by atoms with van der Waals surface area (Å²) < 4.78 is 5.06. The van der Waals surface area contributed by atoms with E-state index in [0.29, 0.717) is 18.3 Å². The topological polar surface area (TPSA) is 63.8 Å². The molecule has 0 atom stereocenters. The number of nitrogens with zero attached hydrogens (tertiary/aromatic N) is 3. The minimum absolute atomic E-state index is 0.486. The summed E-state index contributed by atoms with van der Waals surface area (Å²) in [6, 6.07) is 0.